The highest BCUT2D eigenvalue weighted by Crippen LogP contribution is 2.44. The molecule has 2 aromatic heterocycles. The molecule has 0 bridgehead atoms. The Morgan fingerprint density at radius 1 is 0.968 bits per heavy atom. The van der Waals surface area contributed by atoms with Crippen molar-refractivity contribution < 1.29 is 9.53 Å². The zero-order valence-electron chi connectivity index (χ0n) is 16.8. The van der Waals surface area contributed by atoms with Gasteiger partial charge < -0.3 is 4.74 Å². The quantitative estimate of drug-likeness (QED) is 0.269. The van der Waals surface area contributed by atoms with Crippen LogP contribution in [0.25, 0.3) is 22.0 Å². The predicted octanol–water partition coefficient (Wildman–Crippen LogP) is 5.95. The number of aromatic nitrogens is 2. The Labute approximate surface area is 192 Å². The van der Waals surface area contributed by atoms with Gasteiger partial charge >= 0.3 is 0 Å². The monoisotopic (exact) mass is 467 g/mol. The van der Waals surface area contributed by atoms with E-state index in [1.165, 1.54) is 16.9 Å². The van der Waals surface area contributed by atoms with Gasteiger partial charge in [-0.2, -0.15) is 0 Å². The van der Waals surface area contributed by atoms with E-state index in [9.17, 15) is 4.79 Å². The first-order chi connectivity index (χ1) is 15.0. The number of rotatable bonds is 5. The van der Waals surface area contributed by atoms with Gasteiger partial charge in [0, 0.05) is 16.3 Å². The lowest BCUT2D eigenvalue weighted by molar-refractivity contribution is -0.123. The van der Waals surface area contributed by atoms with Gasteiger partial charge in [0.05, 0.1) is 18.8 Å². The summed E-state index contributed by atoms with van der Waals surface area (Å²) in [6.45, 7) is 2.06. The Balaban J connectivity index is 1.40. The van der Waals surface area contributed by atoms with Crippen LogP contribution in [-0.2, 0) is 4.79 Å². The average molecular weight is 468 g/mol. The molecule has 2 aromatic carbocycles. The van der Waals surface area contributed by atoms with Crippen molar-refractivity contribution in [3.63, 3.8) is 0 Å². The maximum Gasteiger partial charge on any atom is 0.249 e. The first-order valence-electron chi connectivity index (χ1n) is 9.64. The zero-order chi connectivity index (χ0) is 21.5. The number of β-lactam (4-membered cyclic amide) rings is 1. The Bertz CT molecular complexity index is 1230. The van der Waals surface area contributed by atoms with Gasteiger partial charge in [-0.3, -0.25) is 9.69 Å². The standard InChI is InChI=1S/C23H18ClN3O2S2/c1-13-3-5-14(6-4-13)17-11-30-21(25-17)18-12-31-23(26-18)27-20(19(24)22(27)28)15-7-9-16(29-2)10-8-15/h3-12,19-20H,1-2H3. The van der Waals surface area contributed by atoms with Crippen LogP contribution >= 0.6 is 34.3 Å². The maximum atomic E-state index is 12.6. The summed E-state index contributed by atoms with van der Waals surface area (Å²) in [7, 11) is 1.62. The van der Waals surface area contributed by atoms with Crippen LogP contribution in [0, 0.1) is 6.92 Å². The second-order valence-electron chi connectivity index (χ2n) is 7.25. The number of aryl methyl sites for hydroxylation is 1. The third-order valence-corrected chi connectivity index (χ3v) is 7.38. The van der Waals surface area contributed by atoms with Gasteiger partial charge in [-0.25, -0.2) is 9.97 Å². The highest BCUT2D eigenvalue weighted by molar-refractivity contribution is 7.16. The van der Waals surface area contributed by atoms with Crippen molar-refractivity contribution >= 4 is 45.3 Å². The summed E-state index contributed by atoms with van der Waals surface area (Å²) in [5.41, 5.74) is 4.93. The number of carbonyl (C=O) groups is 1. The molecule has 0 radical (unpaired) electrons. The van der Waals surface area contributed by atoms with E-state index in [-0.39, 0.29) is 11.9 Å². The minimum Gasteiger partial charge on any atom is -0.497 e. The van der Waals surface area contributed by atoms with Crippen molar-refractivity contribution in [2.24, 2.45) is 0 Å². The fourth-order valence-corrected chi connectivity index (χ4v) is 5.58. The smallest absolute Gasteiger partial charge is 0.249 e. The molecule has 1 aliphatic heterocycles. The molecule has 3 heterocycles. The molecule has 31 heavy (non-hydrogen) atoms. The third kappa shape index (κ3) is 3.63. The van der Waals surface area contributed by atoms with Crippen molar-refractivity contribution in [2.45, 2.75) is 18.3 Å². The molecule has 0 N–H and O–H groups in total. The van der Waals surface area contributed by atoms with Gasteiger partial charge in [-0.05, 0) is 24.6 Å². The maximum absolute atomic E-state index is 12.6. The highest BCUT2D eigenvalue weighted by Gasteiger charge is 2.49. The second-order valence-corrected chi connectivity index (χ2v) is 9.41. The fourth-order valence-electron chi connectivity index (χ4n) is 3.51. The summed E-state index contributed by atoms with van der Waals surface area (Å²) in [6.07, 6.45) is 0. The highest BCUT2D eigenvalue weighted by atomic mass is 35.5. The topological polar surface area (TPSA) is 55.3 Å². The fraction of sp³-hybridized carbons (Fsp3) is 0.174. The van der Waals surface area contributed by atoms with Crippen LogP contribution in [0.15, 0.2) is 59.3 Å². The molecule has 0 aliphatic carbocycles. The lowest BCUT2D eigenvalue weighted by Gasteiger charge is -2.42. The SMILES string of the molecule is COc1ccc(C2C(Cl)C(=O)N2c2nc(-c3nc(-c4ccc(C)cc4)cs3)cs2)cc1. The molecule has 5 rings (SSSR count). The number of hydrogen-bond acceptors (Lipinski definition) is 6. The Kier molecular flexibility index (Phi) is 5.25. The van der Waals surface area contributed by atoms with Crippen LogP contribution in [0.5, 0.6) is 5.75 Å². The molecule has 1 saturated heterocycles. The third-order valence-electron chi connectivity index (χ3n) is 5.25. The van der Waals surface area contributed by atoms with Crippen LogP contribution in [-0.4, -0.2) is 28.4 Å². The van der Waals surface area contributed by atoms with Gasteiger partial charge in [0.1, 0.15) is 21.8 Å². The summed E-state index contributed by atoms with van der Waals surface area (Å²) in [5, 5.41) is 4.82. The minimum atomic E-state index is -0.603. The second kappa shape index (κ2) is 8.07. The number of alkyl halides is 1. The Morgan fingerprint density at radius 3 is 2.39 bits per heavy atom. The normalized spacial score (nSPS) is 18.2. The molecule has 2 unspecified atom stereocenters. The largest absolute Gasteiger partial charge is 0.497 e. The van der Waals surface area contributed by atoms with Gasteiger partial charge in [-0.1, -0.05) is 42.0 Å². The number of anilines is 1. The van der Waals surface area contributed by atoms with E-state index in [4.69, 9.17) is 26.3 Å². The first-order valence-corrected chi connectivity index (χ1v) is 11.8. The minimum absolute atomic E-state index is 0.136. The first kappa shape index (κ1) is 20.2. The molecule has 8 heteroatoms. The lowest BCUT2D eigenvalue weighted by atomic mass is 9.94. The molecule has 1 aliphatic rings. The van der Waals surface area contributed by atoms with E-state index in [1.54, 1.807) is 23.3 Å². The number of halogens is 1. The summed E-state index contributed by atoms with van der Waals surface area (Å²) < 4.78 is 5.22. The van der Waals surface area contributed by atoms with Gasteiger partial charge in [-0.15, -0.1) is 34.3 Å². The molecule has 1 amide bonds. The van der Waals surface area contributed by atoms with Crippen molar-refractivity contribution in [3.8, 4) is 27.7 Å². The number of ether oxygens (including phenoxy) is 1. The van der Waals surface area contributed by atoms with Crippen LogP contribution < -0.4 is 9.64 Å². The Morgan fingerprint density at radius 2 is 1.68 bits per heavy atom. The van der Waals surface area contributed by atoms with Crippen LogP contribution in [0.1, 0.15) is 17.2 Å². The number of methoxy groups -OCH3 is 1. The van der Waals surface area contributed by atoms with E-state index < -0.39 is 5.38 Å². The Hall–Kier alpha value is -2.74. The number of benzene rings is 2. The summed E-state index contributed by atoms with van der Waals surface area (Å²) in [4.78, 5) is 23.7. The summed E-state index contributed by atoms with van der Waals surface area (Å²) in [5.74, 6) is 0.625. The van der Waals surface area contributed by atoms with Crippen LogP contribution in [0.4, 0.5) is 5.13 Å². The molecule has 4 aromatic rings. The number of amides is 1. The number of hydrogen-bond donors (Lipinski definition) is 0. The number of thiazole rings is 2. The van der Waals surface area contributed by atoms with Gasteiger partial charge in [0.15, 0.2) is 5.13 Å². The zero-order valence-corrected chi connectivity index (χ0v) is 19.2. The van der Waals surface area contributed by atoms with Crippen LogP contribution in [0.3, 0.4) is 0 Å². The molecular formula is C23H18ClN3O2S2. The van der Waals surface area contributed by atoms with Crippen molar-refractivity contribution in [3.05, 3.63) is 70.4 Å². The number of carbonyl (C=O) groups excluding carboxylic acids is 1. The summed E-state index contributed by atoms with van der Waals surface area (Å²) in [6, 6.07) is 15.6. The van der Waals surface area contributed by atoms with Crippen molar-refractivity contribution in [1.82, 2.24) is 9.97 Å². The molecule has 1 fully saturated rings. The van der Waals surface area contributed by atoms with E-state index in [0.717, 1.165) is 33.3 Å². The lowest BCUT2D eigenvalue weighted by Crippen LogP contribution is -2.56. The summed E-state index contributed by atoms with van der Waals surface area (Å²) >= 11 is 9.34. The van der Waals surface area contributed by atoms with E-state index in [2.05, 4.69) is 31.2 Å². The van der Waals surface area contributed by atoms with E-state index in [1.807, 2.05) is 35.0 Å². The molecule has 5 nitrogen and oxygen atoms in total. The average Bonchev–Trinajstić information content (AvgIpc) is 3.47. The van der Waals surface area contributed by atoms with E-state index in [0.29, 0.717) is 5.13 Å². The molecular weight excluding hydrogens is 450 g/mol. The van der Waals surface area contributed by atoms with Crippen LogP contribution in [0.2, 0.25) is 0 Å². The van der Waals surface area contributed by atoms with E-state index >= 15 is 0 Å². The van der Waals surface area contributed by atoms with Crippen molar-refractivity contribution in [1.29, 1.82) is 0 Å². The van der Waals surface area contributed by atoms with Gasteiger partial charge in [0.25, 0.3) is 0 Å². The molecule has 156 valence electrons. The molecule has 0 saturated carbocycles. The van der Waals surface area contributed by atoms with Gasteiger partial charge in [0.2, 0.25) is 5.91 Å². The molecule has 0 spiro atoms. The number of nitrogens with zero attached hydrogens (tertiary/aromatic N) is 3. The molecule has 2 atom stereocenters. The predicted molar refractivity (Wildman–Crippen MR) is 126 cm³/mol. The van der Waals surface area contributed by atoms with Crippen molar-refractivity contribution in [2.75, 3.05) is 12.0 Å².